The zero-order chi connectivity index (χ0) is 16.2. The largest absolute Gasteiger partial charge is 0.508 e. The average molecular weight is 309 g/mol. The number of hydrogen-bond acceptors (Lipinski definition) is 5. The Labute approximate surface area is 134 Å². The Morgan fingerprint density at radius 3 is 2.83 bits per heavy atom. The van der Waals surface area contributed by atoms with Gasteiger partial charge in [0.05, 0.1) is 17.4 Å². The number of rotatable bonds is 5. The quantitative estimate of drug-likeness (QED) is 0.368. The van der Waals surface area contributed by atoms with Crippen LogP contribution in [-0.2, 0) is 0 Å². The first kappa shape index (κ1) is 14.9. The molecule has 0 aliphatic heterocycles. The minimum Gasteiger partial charge on any atom is -0.508 e. The Morgan fingerprint density at radius 1 is 1.30 bits per heavy atom. The fourth-order valence-corrected chi connectivity index (χ4v) is 2.45. The minimum atomic E-state index is 0.229. The van der Waals surface area contributed by atoms with Crippen LogP contribution >= 0.6 is 0 Å². The van der Waals surface area contributed by atoms with Gasteiger partial charge in [0, 0.05) is 17.6 Å². The van der Waals surface area contributed by atoms with Gasteiger partial charge in [0.25, 0.3) is 0 Å². The molecule has 0 amide bonds. The number of hydrogen-bond donors (Lipinski definition) is 5. The van der Waals surface area contributed by atoms with Gasteiger partial charge in [-0.2, -0.15) is 5.10 Å². The topological polar surface area (TPSA) is 99.0 Å². The van der Waals surface area contributed by atoms with Gasteiger partial charge in [-0.25, -0.2) is 0 Å². The molecule has 0 unspecified atom stereocenters. The number of anilines is 1. The summed E-state index contributed by atoms with van der Waals surface area (Å²) in [5, 5.41) is 20.8. The van der Waals surface area contributed by atoms with Crippen LogP contribution in [0.15, 0.2) is 48.7 Å². The lowest BCUT2D eigenvalue weighted by molar-refractivity contribution is 0.475. The van der Waals surface area contributed by atoms with Gasteiger partial charge in [-0.3, -0.25) is 10.9 Å². The number of phenolic OH excluding ortho intramolecular Hbond substituents is 1. The van der Waals surface area contributed by atoms with E-state index in [9.17, 15) is 5.11 Å². The van der Waals surface area contributed by atoms with Crippen LogP contribution in [0.3, 0.4) is 0 Å². The molecule has 0 bridgehead atoms. The molecule has 0 saturated heterocycles. The van der Waals surface area contributed by atoms with Crippen LogP contribution in [0, 0.1) is 6.92 Å². The maximum atomic E-state index is 9.34. The molecule has 0 fully saturated rings. The van der Waals surface area contributed by atoms with Crippen LogP contribution in [0.2, 0.25) is 0 Å². The normalized spacial score (nSPS) is 11.7. The maximum absolute atomic E-state index is 9.34. The Balaban J connectivity index is 1.75. The van der Waals surface area contributed by atoms with Gasteiger partial charge in [-0.1, -0.05) is 0 Å². The molecule has 6 N–H and O–H groups in total. The summed E-state index contributed by atoms with van der Waals surface area (Å²) in [6.45, 7) is 2.67. The van der Waals surface area contributed by atoms with Gasteiger partial charge in [0.1, 0.15) is 5.75 Å². The molecule has 1 heterocycles. The predicted octanol–water partition coefficient (Wildman–Crippen LogP) is 2.49. The van der Waals surface area contributed by atoms with Crippen molar-refractivity contribution in [1.29, 1.82) is 0 Å². The highest BCUT2D eigenvalue weighted by Gasteiger charge is 2.03. The lowest BCUT2D eigenvalue weighted by Gasteiger charge is -2.10. The third kappa shape index (κ3) is 3.27. The smallest absolute Gasteiger partial charge is 0.115 e. The van der Waals surface area contributed by atoms with Gasteiger partial charge in [0.2, 0.25) is 0 Å². The summed E-state index contributed by atoms with van der Waals surface area (Å²) in [6.07, 6.45) is 3.77. The summed E-state index contributed by atoms with van der Waals surface area (Å²) in [6, 6.07) is 11.0. The third-order valence-corrected chi connectivity index (χ3v) is 3.72. The van der Waals surface area contributed by atoms with Gasteiger partial charge < -0.3 is 15.8 Å². The van der Waals surface area contributed by atoms with Crippen LogP contribution < -0.4 is 16.6 Å². The summed E-state index contributed by atoms with van der Waals surface area (Å²) in [5.74, 6) is 5.82. The van der Waals surface area contributed by atoms with Gasteiger partial charge >= 0.3 is 0 Å². The number of nitrogens with zero attached hydrogens (tertiary/aromatic N) is 1. The molecular weight excluding hydrogens is 290 g/mol. The Kier molecular flexibility index (Phi) is 4.16. The van der Waals surface area contributed by atoms with E-state index in [4.69, 9.17) is 5.84 Å². The van der Waals surface area contributed by atoms with E-state index in [1.165, 1.54) is 0 Å². The number of fused-ring (bicyclic) bond motifs is 1. The second-order valence-electron chi connectivity index (χ2n) is 5.31. The van der Waals surface area contributed by atoms with Gasteiger partial charge in [0.15, 0.2) is 0 Å². The summed E-state index contributed by atoms with van der Waals surface area (Å²) in [4.78, 5) is 0. The van der Waals surface area contributed by atoms with E-state index in [1.807, 2.05) is 25.1 Å². The van der Waals surface area contributed by atoms with Crippen molar-refractivity contribution in [3.05, 3.63) is 59.8 Å². The molecular formula is C17H19N5O. The lowest BCUT2D eigenvalue weighted by atomic mass is 10.1. The molecule has 6 nitrogen and oxygen atoms in total. The Hall–Kier alpha value is -2.99. The van der Waals surface area contributed by atoms with Gasteiger partial charge in [-0.15, -0.1) is 0 Å². The van der Waals surface area contributed by atoms with Crippen molar-refractivity contribution in [2.75, 3.05) is 11.9 Å². The van der Waals surface area contributed by atoms with Crippen LogP contribution in [0.5, 0.6) is 5.75 Å². The van der Waals surface area contributed by atoms with Crippen molar-refractivity contribution in [3.8, 4) is 5.75 Å². The van der Waals surface area contributed by atoms with E-state index in [0.29, 0.717) is 6.54 Å². The lowest BCUT2D eigenvalue weighted by Crippen LogP contribution is -2.20. The van der Waals surface area contributed by atoms with E-state index >= 15 is 0 Å². The summed E-state index contributed by atoms with van der Waals surface area (Å²) in [5.41, 5.74) is 7.61. The molecule has 0 saturated carbocycles. The highest BCUT2D eigenvalue weighted by molar-refractivity contribution is 5.83. The van der Waals surface area contributed by atoms with Crippen LogP contribution in [-0.4, -0.2) is 21.8 Å². The van der Waals surface area contributed by atoms with Crippen LogP contribution in [0.1, 0.15) is 11.1 Å². The van der Waals surface area contributed by atoms with Crippen LogP contribution in [0.25, 0.3) is 16.6 Å². The molecule has 0 aliphatic rings. The number of aromatic amines is 1. The number of hydrazine groups is 1. The van der Waals surface area contributed by atoms with Crippen molar-refractivity contribution in [1.82, 2.24) is 15.6 Å². The van der Waals surface area contributed by atoms with E-state index in [-0.39, 0.29) is 5.75 Å². The molecule has 0 spiro atoms. The highest BCUT2D eigenvalue weighted by Crippen LogP contribution is 2.22. The highest BCUT2D eigenvalue weighted by atomic mass is 16.3. The number of aryl methyl sites for hydroxylation is 1. The maximum Gasteiger partial charge on any atom is 0.115 e. The van der Waals surface area contributed by atoms with Crippen molar-refractivity contribution in [3.63, 3.8) is 0 Å². The minimum absolute atomic E-state index is 0.229. The van der Waals surface area contributed by atoms with Crippen molar-refractivity contribution in [2.24, 2.45) is 5.84 Å². The fourth-order valence-electron chi connectivity index (χ4n) is 2.45. The predicted molar refractivity (Wildman–Crippen MR) is 92.7 cm³/mol. The van der Waals surface area contributed by atoms with Gasteiger partial charge in [-0.05, 0) is 60.5 Å². The molecule has 2 aromatic carbocycles. The Bertz CT molecular complexity index is 836. The number of aromatic nitrogens is 2. The van der Waals surface area contributed by atoms with Crippen molar-refractivity contribution >= 4 is 22.3 Å². The monoisotopic (exact) mass is 309 g/mol. The number of H-pyrrole nitrogens is 1. The molecule has 118 valence electrons. The summed E-state index contributed by atoms with van der Waals surface area (Å²) < 4.78 is 0. The Morgan fingerprint density at radius 2 is 2.09 bits per heavy atom. The zero-order valence-corrected chi connectivity index (χ0v) is 12.8. The number of nitrogens with two attached hydrogens (primary N) is 1. The number of phenols is 1. The number of nitrogens with one attached hydrogen (secondary N) is 3. The molecule has 3 aromatic rings. The average Bonchev–Trinajstić information content (AvgIpc) is 3.00. The first-order chi connectivity index (χ1) is 11.2. The van der Waals surface area contributed by atoms with E-state index in [2.05, 4.69) is 33.1 Å². The molecule has 0 atom stereocenters. The molecule has 0 aliphatic carbocycles. The van der Waals surface area contributed by atoms with E-state index < -0.39 is 0 Å². The van der Waals surface area contributed by atoms with E-state index in [1.54, 1.807) is 18.3 Å². The van der Waals surface area contributed by atoms with E-state index in [0.717, 1.165) is 33.4 Å². The summed E-state index contributed by atoms with van der Waals surface area (Å²) >= 11 is 0. The van der Waals surface area contributed by atoms with Crippen molar-refractivity contribution < 1.29 is 5.11 Å². The van der Waals surface area contributed by atoms with Crippen molar-refractivity contribution in [2.45, 2.75) is 6.92 Å². The second kappa shape index (κ2) is 6.41. The molecule has 3 rings (SSSR count). The molecule has 0 radical (unpaired) electrons. The molecule has 1 aromatic heterocycles. The van der Waals surface area contributed by atoms with Crippen LogP contribution in [0.4, 0.5) is 5.69 Å². The zero-order valence-electron chi connectivity index (χ0n) is 12.8. The molecule has 23 heavy (non-hydrogen) atoms. The third-order valence-electron chi connectivity index (χ3n) is 3.72. The fraction of sp³-hybridized carbons (Fsp3) is 0.118. The number of aromatic hydroxyl groups is 1. The SMILES string of the molecule is Cc1cc2[nH]ncc2cc1NC/C=C(\NN)c1ccc(O)cc1. The first-order valence-corrected chi connectivity index (χ1v) is 7.31. The first-order valence-electron chi connectivity index (χ1n) is 7.31. The second-order valence-corrected chi connectivity index (χ2v) is 5.31. The number of benzene rings is 2. The molecule has 6 heteroatoms. The standard InChI is InChI=1S/C17H19N5O/c1-11-8-17-13(10-20-22-17)9-16(11)19-7-6-15(21-18)12-2-4-14(23)5-3-12/h2-6,8-10,19,21,23H,7,18H2,1H3,(H,20,22)/b15-6-. The summed E-state index contributed by atoms with van der Waals surface area (Å²) in [7, 11) is 0.